The van der Waals surface area contributed by atoms with E-state index in [1.165, 1.54) is 30.5 Å². The van der Waals surface area contributed by atoms with Gasteiger partial charge in [0, 0.05) is 37.3 Å². The molecule has 4 aromatic heterocycles. The lowest BCUT2D eigenvalue weighted by Crippen LogP contribution is -2.29. The van der Waals surface area contributed by atoms with Crippen molar-refractivity contribution >= 4 is 32.3 Å². The van der Waals surface area contributed by atoms with Crippen molar-refractivity contribution in [2.45, 2.75) is 9.79 Å². The smallest absolute Gasteiger partial charge is 0.423 e. The van der Waals surface area contributed by atoms with E-state index in [2.05, 4.69) is 48.9 Å². The van der Waals surface area contributed by atoms with E-state index in [9.17, 15) is 16.8 Å². The first-order valence-corrected chi connectivity index (χ1v) is 18.0. The molecule has 0 atom stereocenters. The van der Waals surface area contributed by atoms with Crippen molar-refractivity contribution in [2.24, 2.45) is 0 Å². The summed E-state index contributed by atoms with van der Waals surface area (Å²) in [6.45, 7) is 0. The highest BCUT2D eigenvalue weighted by atomic mass is 32.2. The van der Waals surface area contributed by atoms with Crippen molar-refractivity contribution in [3.8, 4) is 29.4 Å². The van der Waals surface area contributed by atoms with Gasteiger partial charge in [-0.15, -0.1) is 0 Å². The predicted octanol–water partition coefficient (Wildman–Crippen LogP) is 2.05. The fourth-order valence-electron chi connectivity index (χ4n) is 3.73. The van der Waals surface area contributed by atoms with Gasteiger partial charge in [-0.05, 0) is 78.0 Å². The maximum atomic E-state index is 11.5. The number of hydrogen-bond donors (Lipinski definition) is 3. The molecule has 6 rings (SSSR count). The highest BCUT2D eigenvalue weighted by Gasteiger charge is 2.12. The Labute approximate surface area is 284 Å². The molecule has 0 aliphatic rings. The van der Waals surface area contributed by atoms with Crippen LogP contribution >= 0.6 is 0 Å². The third-order valence-corrected chi connectivity index (χ3v) is 8.47. The molecule has 15 heteroatoms. The Morgan fingerprint density at radius 3 is 1.65 bits per heavy atom. The van der Waals surface area contributed by atoms with Gasteiger partial charge in [0.15, 0.2) is 19.7 Å². The van der Waals surface area contributed by atoms with Gasteiger partial charge >= 0.3 is 7.12 Å². The van der Waals surface area contributed by atoms with Crippen LogP contribution in [0.15, 0.2) is 132 Å². The number of nitrogens with one attached hydrogen (secondary N) is 1. The van der Waals surface area contributed by atoms with E-state index in [0.717, 1.165) is 28.8 Å². The summed E-state index contributed by atoms with van der Waals surface area (Å²) >= 11 is 0. The van der Waals surface area contributed by atoms with Crippen molar-refractivity contribution in [2.75, 3.05) is 12.5 Å². The van der Waals surface area contributed by atoms with Crippen molar-refractivity contribution in [1.82, 2.24) is 29.9 Å². The molecule has 12 nitrogen and oxygen atoms in total. The van der Waals surface area contributed by atoms with Gasteiger partial charge in [-0.25, -0.2) is 31.5 Å². The third-order valence-electron chi connectivity index (χ3n) is 6.22. The Morgan fingerprint density at radius 2 is 1.20 bits per heavy atom. The standard InChI is InChI=1S/C17H13N3O2S.C10H7N3.C7H9BO4S/c1-23(21,22)17-9-7-16(8-10-17)20-13-14(12-19-20)5-6-15-4-2-3-11-18-15;1-2-6-11-10(3-1)5-4-9-7-12-13-8-9;1-13(11,12)7-4-2-6(3-5-7)8(9)10/h2-4,7-13H,1H3;1-3,6-8H,(H,12,13);2-5,9-10H,1H3. The topological polar surface area (TPSA) is 181 Å². The molecule has 0 aliphatic heterocycles. The minimum Gasteiger partial charge on any atom is -0.423 e. The monoisotopic (exact) mass is 692 g/mol. The predicted molar refractivity (Wildman–Crippen MR) is 185 cm³/mol. The second-order valence-corrected chi connectivity index (χ2v) is 14.1. The molecule has 6 aromatic rings. The van der Waals surface area contributed by atoms with Crippen molar-refractivity contribution in [1.29, 1.82) is 0 Å². The minimum atomic E-state index is -3.21. The van der Waals surface area contributed by atoms with Gasteiger partial charge in [-0.3, -0.25) is 5.10 Å². The molecule has 0 unspecified atom stereocenters. The molecule has 0 aliphatic carbocycles. The van der Waals surface area contributed by atoms with Crippen LogP contribution in [0.5, 0.6) is 0 Å². The van der Waals surface area contributed by atoms with Gasteiger partial charge in [0.2, 0.25) is 0 Å². The minimum absolute atomic E-state index is 0.164. The molecule has 0 bridgehead atoms. The average Bonchev–Trinajstić information content (AvgIpc) is 3.80. The van der Waals surface area contributed by atoms with Crippen LogP contribution in [0.25, 0.3) is 5.69 Å². The van der Waals surface area contributed by atoms with Crippen LogP contribution in [0, 0.1) is 23.7 Å². The van der Waals surface area contributed by atoms with Crippen LogP contribution in [0.2, 0.25) is 0 Å². The lowest BCUT2D eigenvalue weighted by molar-refractivity contribution is 0.425. The molecular formula is C34H29BN6O6S2. The van der Waals surface area contributed by atoms with Crippen LogP contribution in [0.4, 0.5) is 0 Å². The normalized spacial score (nSPS) is 10.4. The van der Waals surface area contributed by atoms with Crippen molar-refractivity contribution < 1.29 is 26.9 Å². The zero-order chi connectivity index (χ0) is 35.3. The first-order valence-electron chi connectivity index (χ1n) is 14.2. The van der Waals surface area contributed by atoms with E-state index in [1.807, 2.05) is 36.4 Å². The highest BCUT2D eigenvalue weighted by molar-refractivity contribution is 7.91. The number of sulfone groups is 2. The van der Waals surface area contributed by atoms with Crippen LogP contribution in [-0.4, -0.2) is 76.5 Å². The molecule has 0 spiro atoms. The molecule has 0 radical (unpaired) electrons. The third kappa shape index (κ3) is 11.7. The number of rotatable bonds is 4. The first-order chi connectivity index (χ1) is 23.4. The Morgan fingerprint density at radius 1 is 0.673 bits per heavy atom. The molecule has 0 amide bonds. The molecular weight excluding hydrogens is 663 g/mol. The summed E-state index contributed by atoms with van der Waals surface area (Å²) < 4.78 is 46.5. The van der Waals surface area contributed by atoms with Crippen molar-refractivity contribution in [3.05, 3.63) is 145 Å². The van der Waals surface area contributed by atoms with Crippen LogP contribution < -0.4 is 5.46 Å². The summed E-state index contributed by atoms with van der Waals surface area (Å²) in [5, 5.41) is 28.2. The lowest BCUT2D eigenvalue weighted by Gasteiger charge is -2.02. The number of hydrogen-bond acceptors (Lipinski definition) is 10. The van der Waals surface area contributed by atoms with Crippen molar-refractivity contribution in [3.63, 3.8) is 0 Å². The SMILES string of the molecule is C(#Cc1ccccn1)c1cn[nH]c1.CS(=O)(=O)c1ccc(-n2cc(C#Cc3ccccn3)cn2)cc1.CS(=O)(=O)c1ccc(B(O)O)cc1. The van der Waals surface area contributed by atoms with Gasteiger partial charge in [0.1, 0.15) is 11.4 Å². The molecule has 246 valence electrons. The lowest BCUT2D eigenvalue weighted by atomic mass is 9.81. The van der Waals surface area contributed by atoms with Crippen LogP contribution in [-0.2, 0) is 19.7 Å². The Hall–Kier alpha value is -5.84. The molecule has 3 N–H and O–H groups in total. The van der Waals surface area contributed by atoms with E-state index in [-0.39, 0.29) is 15.3 Å². The van der Waals surface area contributed by atoms with E-state index < -0.39 is 26.8 Å². The molecule has 0 saturated heterocycles. The summed E-state index contributed by atoms with van der Waals surface area (Å²) in [7, 11) is -7.96. The van der Waals surface area contributed by atoms with Gasteiger partial charge < -0.3 is 10.0 Å². The number of H-pyrrole nitrogens is 1. The molecule has 0 saturated carbocycles. The van der Waals surface area contributed by atoms with Gasteiger partial charge in [-0.2, -0.15) is 10.2 Å². The fourth-order valence-corrected chi connectivity index (χ4v) is 4.99. The first kappa shape index (κ1) is 36.0. The molecule has 49 heavy (non-hydrogen) atoms. The van der Waals surface area contributed by atoms with Crippen LogP contribution in [0.3, 0.4) is 0 Å². The zero-order valence-corrected chi connectivity index (χ0v) is 27.8. The molecule has 4 heterocycles. The number of aromatic nitrogens is 6. The fraction of sp³-hybridized carbons (Fsp3) is 0.0588. The summed E-state index contributed by atoms with van der Waals surface area (Å²) in [6.07, 6.45) is 12.5. The zero-order valence-electron chi connectivity index (χ0n) is 26.2. The number of pyridine rings is 2. The number of aromatic amines is 1. The number of benzene rings is 2. The number of nitrogens with zero attached hydrogens (tertiary/aromatic N) is 5. The van der Waals surface area contributed by atoms with Gasteiger partial charge in [0.25, 0.3) is 0 Å². The van der Waals surface area contributed by atoms with E-state index in [1.54, 1.807) is 66.1 Å². The van der Waals surface area contributed by atoms with E-state index >= 15 is 0 Å². The summed E-state index contributed by atoms with van der Waals surface area (Å²) in [5.74, 6) is 11.8. The van der Waals surface area contributed by atoms with Gasteiger partial charge in [-0.1, -0.05) is 36.1 Å². The molecule has 0 fully saturated rings. The maximum Gasteiger partial charge on any atom is 0.488 e. The second kappa shape index (κ2) is 16.8. The highest BCUT2D eigenvalue weighted by Crippen LogP contribution is 2.14. The second-order valence-electron chi connectivity index (χ2n) is 10.1. The molecule has 2 aromatic carbocycles. The quantitative estimate of drug-likeness (QED) is 0.183. The van der Waals surface area contributed by atoms with E-state index in [0.29, 0.717) is 5.69 Å². The average molecular weight is 693 g/mol. The Kier molecular flexibility index (Phi) is 12.4. The summed E-state index contributed by atoms with van der Waals surface area (Å²) in [4.78, 5) is 8.65. The Bertz CT molecular complexity index is 2290. The maximum absolute atomic E-state index is 11.5. The van der Waals surface area contributed by atoms with Crippen LogP contribution in [0.1, 0.15) is 22.5 Å². The van der Waals surface area contributed by atoms with Gasteiger partial charge in [0.05, 0.1) is 39.0 Å². The largest absolute Gasteiger partial charge is 0.488 e. The summed E-state index contributed by atoms with van der Waals surface area (Å²) in [5.41, 5.74) is 4.12. The Balaban J connectivity index is 0.000000178. The summed E-state index contributed by atoms with van der Waals surface area (Å²) in [6, 6.07) is 23.1. The van der Waals surface area contributed by atoms with E-state index in [4.69, 9.17) is 10.0 Å².